The average Bonchev–Trinajstić information content (AvgIpc) is 2.53. The molecule has 2 rings (SSSR count). The summed E-state index contributed by atoms with van der Waals surface area (Å²) < 4.78 is 38.0. The highest BCUT2D eigenvalue weighted by Gasteiger charge is 2.31. The van der Waals surface area contributed by atoms with Crippen molar-refractivity contribution in [3.8, 4) is 0 Å². The first-order valence-electron chi connectivity index (χ1n) is 6.10. The number of alkyl halides is 3. The summed E-state index contributed by atoms with van der Waals surface area (Å²) in [6.07, 6.45) is -4.27. The van der Waals surface area contributed by atoms with Gasteiger partial charge >= 0.3 is 6.18 Å². The second-order valence-electron chi connectivity index (χ2n) is 4.80. The number of benzene rings is 1. The van der Waals surface area contributed by atoms with Crippen LogP contribution in [0.4, 0.5) is 18.9 Å². The fourth-order valence-electron chi connectivity index (χ4n) is 2.21. The largest absolute Gasteiger partial charge is 0.416 e. The van der Waals surface area contributed by atoms with Crippen molar-refractivity contribution >= 4 is 5.69 Å². The quantitative estimate of drug-likeness (QED) is 0.833. The molecule has 1 atom stereocenters. The average molecular weight is 258 g/mol. The van der Waals surface area contributed by atoms with Crippen LogP contribution in [0, 0.1) is 5.92 Å². The third kappa shape index (κ3) is 3.16. The maximum absolute atomic E-state index is 12.7. The van der Waals surface area contributed by atoms with Crippen LogP contribution >= 0.6 is 0 Å². The SMILES string of the molecule is CC1CNCCN(c2cccc(C(F)(F)F)c2)C1. The van der Waals surface area contributed by atoms with E-state index in [1.54, 1.807) is 6.07 Å². The zero-order chi connectivity index (χ0) is 13.2. The molecule has 0 saturated carbocycles. The van der Waals surface area contributed by atoms with Gasteiger partial charge in [-0.3, -0.25) is 0 Å². The first-order valence-corrected chi connectivity index (χ1v) is 6.10. The Morgan fingerprint density at radius 3 is 2.83 bits per heavy atom. The van der Waals surface area contributed by atoms with Gasteiger partial charge in [0, 0.05) is 25.3 Å². The highest BCUT2D eigenvalue weighted by molar-refractivity contribution is 5.49. The molecule has 1 fully saturated rings. The smallest absolute Gasteiger partial charge is 0.370 e. The Kier molecular flexibility index (Phi) is 3.80. The Balaban J connectivity index is 2.22. The first-order chi connectivity index (χ1) is 8.47. The van der Waals surface area contributed by atoms with E-state index in [0.29, 0.717) is 11.6 Å². The van der Waals surface area contributed by atoms with Gasteiger partial charge in [0.1, 0.15) is 0 Å². The van der Waals surface area contributed by atoms with Crippen molar-refractivity contribution < 1.29 is 13.2 Å². The first kappa shape index (κ1) is 13.2. The molecule has 1 aromatic rings. The number of nitrogens with zero attached hydrogens (tertiary/aromatic N) is 1. The zero-order valence-corrected chi connectivity index (χ0v) is 10.3. The maximum atomic E-state index is 12.7. The molecule has 1 unspecified atom stereocenters. The minimum atomic E-state index is -4.27. The van der Waals surface area contributed by atoms with Crippen molar-refractivity contribution in [2.45, 2.75) is 13.1 Å². The van der Waals surface area contributed by atoms with Crippen molar-refractivity contribution in [1.82, 2.24) is 5.32 Å². The van der Waals surface area contributed by atoms with Crippen LogP contribution in [-0.2, 0) is 6.18 Å². The van der Waals surface area contributed by atoms with Crippen LogP contribution < -0.4 is 10.2 Å². The number of halogens is 3. The summed E-state index contributed by atoms with van der Waals surface area (Å²) in [7, 11) is 0. The Bertz CT molecular complexity index is 403. The molecule has 0 radical (unpaired) electrons. The molecule has 18 heavy (non-hydrogen) atoms. The van der Waals surface area contributed by atoms with E-state index < -0.39 is 11.7 Å². The lowest BCUT2D eigenvalue weighted by Crippen LogP contribution is -2.29. The van der Waals surface area contributed by atoms with Gasteiger partial charge in [0.25, 0.3) is 0 Å². The molecule has 1 N–H and O–H groups in total. The van der Waals surface area contributed by atoms with Crippen molar-refractivity contribution in [3.05, 3.63) is 29.8 Å². The minimum Gasteiger partial charge on any atom is -0.370 e. The summed E-state index contributed by atoms with van der Waals surface area (Å²) in [4.78, 5) is 2.01. The van der Waals surface area contributed by atoms with Crippen LogP contribution in [0.1, 0.15) is 12.5 Å². The summed E-state index contributed by atoms with van der Waals surface area (Å²) in [5, 5.41) is 3.28. The van der Waals surface area contributed by atoms with Crippen LogP contribution in [0.5, 0.6) is 0 Å². The maximum Gasteiger partial charge on any atom is 0.416 e. The fraction of sp³-hybridized carbons (Fsp3) is 0.538. The monoisotopic (exact) mass is 258 g/mol. The molecule has 0 aliphatic carbocycles. The molecule has 100 valence electrons. The second kappa shape index (κ2) is 5.18. The second-order valence-corrected chi connectivity index (χ2v) is 4.80. The molecule has 0 aromatic heterocycles. The Morgan fingerprint density at radius 1 is 1.33 bits per heavy atom. The van der Waals surface area contributed by atoms with E-state index in [1.807, 2.05) is 4.90 Å². The van der Waals surface area contributed by atoms with E-state index in [0.717, 1.165) is 32.2 Å². The molecule has 0 amide bonds. The van der Waals surface area contributed by atoms with Crippen LogP contribution in [0.2, 0.25) is 0 Å². The Labute approximate surface area is 105 Å². The molecular formula is C13H17F3N2. The standard InChI is InChI=1S/C13H17F3N2/c1-10-8-17-5-6-18(9-10)12-4-2-3-11(7-12)13(14,15)16/h2-4,7,10,17H,5-6,8-9H2,1H3. The molecule has 1 aliphatic rings. The zero-order valence-electron chi connectivity index (χ0n) is 10.3. The third-order valence-corrected chi connectivity index (χ3v) is 3.12. The lowest BCUT2D eigenvalue weighted by molar-refractivity contribution is -0.137. The van der Waals surface area contributed by atoms with E-state index in [-0.39, 0.29) is 0 Å². The molecule has 1 saturated heterocycles. The summed E-state index contributed by atoms with van der Waals surface area (Å²) in [5.41, 5.74) is 0.0743. The summed E-state index contributed by atoms with van der Waals surface area (Å²) in [5.74, 6) is 0.432. The lowest BCUT2D eigenvalue weighted by atomic mass is 10.1. The predicted octanol–water partition coefficient (Wildman–Crippen LogP) is 2.75. The minimum absolute atomic E-state index is 0.432. The van der Waals surface area contributed by atoms with Gasteiger partial charge in [-0.2, -0.15) is 13.2 Å². The van der Waals surface area contributed by atoms with E-state index in [1.165, 1.54) is 12.1 Å². The molecule has 1 aliphatic heterocycles. The van der Waals surface area contributed by atoms with Crippen LogP contribution in [0.3, 0.4) is 0 Å². The van der Waals surface area contributed by atoms with Gasteiger partial charge < -0.3 is 10.2 Å². The number of nitrogens with one attached hydrogen (secondary N) is 1. The number of anilines is 1. The molecule has 2 nitrogen and oxygen atoms in total. The van der Waals surface area contributed by atoms with Crippen molar-refractivity contribution in [2.75, 3.05) is 31.1 Å². The summed E-state index contributed by atoms with van der Waals surface area (Å²) >= 11 is 0. The molecule has 1 heterocycles. The van der Waals surface area contributed by atoms with E-state index >= 15 is 0 Å². The summed E-state index contributed by atoms with van der Waals surface area (Å²) in [6, 6.07) is 5.56. The normalized spacial score (nSPS) is 21.8. The van der Waals surface area contributed by atoms with Crippen LogP contribution in [0.15, 0.2) is 24.3 Å². The fourth-order valence-corrected chi connectivity index (χ4v) is 2.21. The van der Waals surface area contributed by atoms with Gasteiger partial charge in [-0.25, -0.2) is 0 Å². The van der Waals surface area contributed by atoms with Gasteiger partial charge in [-0.1, -0.05) is 13.0 Å². The highest BCUT2D eigenvalue weighted by atomic mass is 19.4. The van der Waals surface area contributed by atoms with Crippen molar-refractivity contribution in [2.24, 2.45) is 5.92 Å². The van der Waals surface area contributed by atoms with E-state index in [4.69, 9.17) is 0 Å². The number of hydrogen-bond donors (Lipinski definition) is 1. The van der Waals surface area contributed by atoms with E-state index in [2.05, 4.69) is 12.2 Å². The topological polar surface area (TPSA) is 15.3 Å². The van der Waals surface area contributed by atoms with Gasteiger partial charge in [0.15, 0.2) is 0 Å². The number of rotatable bonds is 1. The molecule has 5 heteroatoms. The van der Waals surface area contributed by atoms with Gasteiger partial charge in [-0.05, 0) is 30.7 Å². The number of hydrogen-bond acceptors (Lipinski definition) is 2. The van der Waals surface area contributed by atoms with Gasteiger partial charge in [-0.15, -0.1) is 0 Å². The molecule has 1 aromatic carbocycles. The van der Waals surface area contributed by atoms with Crippen LogP contribution in [-0.4, -0.2) is 26.2 Å². The lowest BCUT2D eigenvalue weighted by Gasteiger charge is -2.25. The van der Waals surface area contributed by atoms with E-state index in [9.17, 15) is 13.2 Å². The van der Waals surface area contributed by atoms with Gasteiger partial charge in [0.2, 0.25) is 0 Å². The van der Waals surface area contributed by atoms with Crippen molar-refractivity contribution in [3.63, 3.8) is 0 Å². The Hall–Kier alpha value is -1.23. The Morgan fingerprint density at radius 2 is 2.11 bits per heavy atom. The molecule has 0 spiro atoms. The van der Waals surface area contributed by atoms with Gasteiger partial charge in [0.05, 0.1) is 5.56 Å². The highest BCUT2D eigenvalue weighted by Crippen LogP contribution is 2.31. The molecular weight excluding hydrogens is 241 g/mol. The molecule has 0 bridgehead atoms. The summed E-state index contributed by atoms with van der Waals surface area (Å²) in [6.45, 7) is 5.34. The predicted molar refractivity (Wildman–Crippen MR) is 65.7 cm³/mol. The van der Waals surface area contributed by atoms with Crippen molar-refractivity contribution in [1.29, 1.82) is 0 Å². The third-order valence-electron chi connectivity index (χ3n) is 3.12. The van der Waals surface area contributed by atoms with Crippen LogP contribution in [0.25, 0.3) is 0 Å².